The summed E-state index contributed by atoms with van der Waals surface area (Å²) >= 11 is 3.37. The summed E-state index contributed by atoms with van der Waals surface area (Å²) in [6, 6.07) is 4.77. The third-order valence-corrected chi connectivity index (χ3v) is 4.14. The lowest BCUT2D eigenvalue weighted by atomic mass is 9.84. The van der Waals surface area contributed by atoms with Crippen molar-refractivity contribution in [2.75, 3.05) is 6.54 Å². The topological polar surface area (TPSA) is 24.9 Å². The Balaban J connectivity index is 1.87. The van der Waals surface area contributed by atoms with E-state index in [1.165, 1.54) is 36.9 Å². The van der Waals surface area contributed by atoms with E-state index in [0.717, 1.165) is 10.5 Å². The van der Waals surface area contributed by atoms with Crippen molar-refractivity contribution in [1.29, 1.82) is 0 Å². The third-order valence-electron chi connectivity index (χ3n) is 3.67. The summed E-state index contributed by atoms with van der Waals surface area (Å²) < 4.78 is 0.907. The number of hydrogen-bond donors (Lipinski definition) is 1. The van der Waals surface area contributed by atoms with Gasteiger partial charge in [0.2, 0.25) is 0 Å². The average Bonchev–Trinajstić information content (AvgIpc) is 2.77. The molecule has 1 fully saturated rings. The second-order valence-electron chi connectivity index (χ2n) is 4.63. The quantitative estimate of drug-likeness (QED) is 0.799. The van der Waals surface area contributed by atoms with Crippen LogP contribution < -0.4 is 5.32 Å². The third kappa shape index (κ3) is 1.94. The number of rotatable bonds is 1. The predicted octanol–water partition coefficient (Wildman–Crippen LogP) is 3.00. The fraction of sp³-hybridized carbons (Fsp3) is 0.462. The van der Waals surface area contributed by atoms with E-state index in [9.17, 15) is 0 Å². The number of nitrogens with zero attached hydrogens (tertiary/aromatic N) is 1. The smallest absolute Gasteiger partial charge is 0.106 e. The number of aromatic nitrogens is 1. The molecule has 16 heavy (non-hydrogen) atoms. The molecule has 2 atom stereocenters. The van der Waals surface area contributed by atoms with E-state index >= 15 is 0 Å². The Bertz CT molecular complexity index is 410. The number of pyridine rings is 1. The first-order valence-electron chi connectivity index (χ1n) is 5.89. The molecule has 2 aliphatic rings. The van der Waals surface area contributed by atoms with Crippen LogP contribution in [0.3, 0.4) is 0 Å². The first-order chi connectivity index (χ1) is 7.83. The molecule has 0 radical (unpaired) electrons. The Morgan fingerprint density at radius 2 is 2.25 bits per heavy atom. The van der Waals surface area contributed by atoms with Crippen LogP contribution in [0.5, 0.6) is 0 Å². The van der Waals surface area contributed by atoms with Crippen molar-refractivity contribution < 1.29 is 0 Å². The van der Waals surface area contributed by atoms with Crippen molar-refractivity contribution >= 4 is 21.5 Å². The molecule has 0 aromatic carbocycles. The van der Waals surface area contributed by atoms with E-state index in [-0.39, 0.29) is 0 Å². The standard InChI is InChI=1S/C13H15BrN2/c14-13-4-3-11(8-16-13)10-2-1-9-5-6-15-12(9)7-10/h3-4,7-9,12,15H,1-2,5-6H2. The van der Waals surface area contributed by atoms with Crippen LogP contribution in [0.1, 0.15) is 24.8 Å². The van der Waals surface area contributed by atoms with E-state index in [4.69, 9.17) is 0 Å². The summed E-state index contributed by atoms with van der Waals surface area (Å²) in [6.45, 7) is 1.18. The van der Waals surface area contributed by atoms with Crippen LogP contribution >= 0.6 is 15.9 Å². The minimum absolute atomic E-state index is 0.604. The summed E-state index contributed by atoms with van der Waals surface area (Å²) in [4.78, 5) is 4.30. The summed E-state index contributed by atoms with van der Waals surface area (Å²) in [6.07, 6.45) is 8.23. The van der Waals surface area contributed by atoms with Crippen LogP contribution in [0.4, 0.5) is 0 Å². The molecule has 2 nitrogen and oxygen atoms in total. The molecule has 1 aliphatic carbocycles. The molecule has 0 amide bonds. The fourth-order valence-corrected chi connectivity index (χ4v) is 2.98. The van der Waals surface area contributed by atoms with Gasteiger partial charge in [-0.15, -0.1) is 0 Å². The zero-order valence-corrected chi connectivity index (χ0v) is 10.7. The molecule has 1 N–H and O–H groups in total. The highest BCUT2D eigenvalue weighted by atomic mass is 79.9. The van der Waals surface area contributed by atoms with Gasteiger partial charge in [0, 0.05) is 12.2 Å². The van der Waals surface area contributed by atoms with E-state index in [1.54, 1.807) is 0 Å². The van der Waals surface area contributed by atoms with E-state index in [0.29, 0.717) is 6.04 Å². The average molecular weight is 279 g/mol. The van der Waals surface area contributed by atoms with Gasteiger partial charge < -0.3 is 5.32 Å². The number of allylic oxidation sites excluding steroid dienone is 1. The molecule has 1 saturated heterocycles. The second-order valence-corrected chi connectivity index (χ2v) is 5.44. The molecule has 0 spiro atoms. The summed E-state index contributed by atoms with van der Waals surface area (Å²) in [5.74, 6) is 0.868. The van der Waals surface area contributed by atoms with Gasteiger partial charge in [-0.2, -0.15) is 0 Å². The van der Waals surface area contributed by atoms with Gasteiger partial charge in [-0.05, 0) is 64.9 Å². The van der Waals surface area contributed by atoms with Gasteiger partial charge >= 0.3 is 0 Å². The summed E-state index contributed by atoms with van der Waals surface area (Å²) in [5, 5.41) is 3.56. The number of fused-ring (bicyclic) bond motifs is 1. The Hall–Kier alpha value is -0.670. The normalized spacial score (nSPS) is 28.7. The van der Waals surface area contributed by atoms with Gasteiger partial charge in [-0.25, -0.2) is 4.98 Å². The van der Waals surface area contributed by atoms with Crippen LogP contribution in [-0.4, -0.2) is 17.6 Å². The van der Waals surface area contributed by atoms with Crippen molar-refractivity contribution in [3.63, 3.8) is 0 Å². The zero-order valence-electron chi connectivity index (χ0n) is 9.12. The number of halogens is 1. The van der Waals surface area contributed by atoms with Gasteiger partial charge in [0.15, 0.2) is 0 Å². The monoisotopic (exact) mass is 278 g/mol. The maximum absolute atomic E-state index is 4.30. The molecular weight excluding hydrogens is 264 g/mol. The molecule has 2 unspecified atom stereocenters. The predicted molar refractivity (Wildman–Crippen MR) is 69.0 cm³/mol. The first kappa shape index (κ1) is 10.5. The Kier molecular flexibility index (Phi) is 2.82. The maximum Gasteiger partial charge on any atom is 0.106 e. The van der Waals surface area contributed by atoms with E-state index in [1.807, 2.05) is 12.3 Å². The van der Waals surface area contributed by atoms with Gasteiger partial charge in [0.05, 0.1) is 0 Å². The zero-order chi connectivity index (χ0) is 11.0. The molecule has 3 heteroatoms. The lowest BCUT2D eigenvalue weighted by molar-refractivity contribution is 0.465. The van der Waals surface area contributed by atoms with Crippen molar-refractivity contribution in [2.24, 2.45) is 5.92 Å². The van der Waals surface area contributed by atoms with Crippen LogP contribution in [0.2, 0.25) is 0 Å². The Labute approximate surface area is 104 Å². The summed E-state index contributed by atoms with van der Waals surface area (Å²) in [5.41, 5.74) is 2.73. The molecule has 0 saturated carbocycles. The van der Waals surface area contributed by atoms with Crippen LogP contribution in [0, 0.1) is 5.92 Å². The second kappa shape index (κ2) is 4.30. The van der Waals surface area contributed by atoms with E-state index < -0.39 is 0 Å². The lowest BCUT2D eigenvalue weighted by Crippen LogP contribution is -2.27. The highest BCUT2D eigenvalue weighted by Gasteiger charge is 2.28. The summed E-state index contributed by atoms with van der Waals surface area (Å²) in [7, 11) is 0. The Morgan fingerprint density at radius 1 is 1.31 bits per heavy atom. The van der Waals surface area contributed by atoms with Crippen LogP contribution in [0.25, 0.3) is 5.57 Å². The van der Waals surface area contributed by atoms with Gasteiger partial charge in [0.1, 0.15) is 4.60 Å². The molecule has 0 bridgehead atoms. The van der Waals surface area contributed by atoms with Crippen molar-refractivity contribution in [1.82, 2.24) is 10.3 Å². The molecule has 1 aliphatic heterocycles. The largest absolute Gasteiger partial charge is 0.310 e. The van der Waals surface area contributed by atoms with Crippen molar-refractivity contribution in [3.8, 4) is 0 Å². The SMILES string of the molecule is Brc1ccc(C2=CC3NCCC3CC2)cn1. The Morgan fingerprint density at radius 3 is 3.06 bits per heavy atom. The van der Waals surface area contributed by atoms with Crippen LogP contribution in [0.15, 0.2) is 29.0 Å². The van der Waals surface area contributed by atoms with Gasteiger partial charge in [0.25, 0.3) is 0 Å². The maximum atomic E-state index is 4.30. The van der Waals surface area contributed by atoms with E-state index in [2.05, 4.69) is 38.4 Å². The minimum atomic E-state index is 0.604. The van der Waals surface area contributed by atoms with Gasteiger partial charge in [-0.3, -0.25) is 0 Å². The van der Waals surface area contributed by atoms with Crippen LogP contribution in [-0.2, 0) is 0 Å². The lowest BCUT2D eigenvalue weighted by Gasteiger charge is -2.24. The molecule has 2 heterocycles. The molecule has 1 aromatic heterocycles. The molecule has 1 aromatic rings. The number of hydrogen-bond acceptors (Lipinski definition) is 2. The van der Waals surface area contributed by atoms with Crippen molar-refractivity contribution in [2.45, 2.75) is 25.3 Å². The first-order valence-corrected chi connectivity index (χ1v) is 6.68. The molecule has 3 rings (SSSR count). The number of nitrogens with one attached hydrogen (secondary N) is 1. The van der Waals surface area contributed by atoms with Gasteiger partial charge in [-0.1, -0.05) is 12.1 Å². The molecular formula is C13H15BrN2. The highest BCUT2D eigenvalue weighted by molar-refractivity contribution is 9.10. The fourth-order valence-electron chi connectivity index (χ4n) is 2.75. The highest BCUT2D eigenvalue weighted by Crippen LogP contribution is 2.34. The van der Waals surface area contributed by atoms with Crippen molar-refractivity contribution in [3.05, 3.63) is 34.6 Å². The molecule has 84 valence electrons. The minimum Gasteiger partial charge on any atom is -0.310 e.